The van der Waals surface area contributed by atoms with Crippen LogP contribution in [0.1, 0.15) is 85.3 Å². The fourth-order valence-corrected chi connectivity index (χ4v) is 7.68. The average molecular weight is 616 g/mol. The number of aryl methyl sites for hydroxylation is 1. The number of benzene rings is 1. The van der Waals surface area contributed by atoms with Crippen LogP contribution in [0, 0.1) is 11.3 Å². The molecule has 1 aromatic carbocycles. The number of aromatic nitrogens is 1. The van der Waals surface area contributed by atoms with Crippen LogP contribution in [0.5, 0.6) is 0 Å². The van der Waals surface area contributed by atoms with E-state index in [-0.39, 0.29) is 23.3 Å². The predicted octanol–water partition coefficient (Wildman–Crippen LogP) is 6.71. The van der Waals surface area contributed by atoms with Crippen molar-refractivity contribution >= 4 is 43.0 Å². The smallest absolute Gasteiger partial charge is 0.229 e. The van der Waals surface area contributed by atoms with Crippen LogP contribution in [0.2, 0.25) is 0 Å². The Morgan fingerprint density at radius 1 is 1.14 bits per heavy atom. The molecule has 2 atom stereocenters. The number of nitrogens with one attached hydrogen (secondary N) is 2. The lowest BCUT2D eigenvalue weighted by Gasteiger charge is -2.34. The molecular weight excluding hydrogens is 569 g/mol. The molecule has 1 aliphatic carbocycles. The number of carbonyl (C=O) groups excluding carboxylic acids is 1. The van der Waals surface area contributed by atoms with Crippen molar-refractivity contribution in [2.24, 2.45) is 11.3 Å². The van der Waals surface area contributed by atoms with Crippen molar-refractivity contribution < 1.29 is 17.9 Å². The van der Waals surface area contributed by atoms with Crippen LogP contribution in [-0.2, 0) is 27.6 Å². The SMILES string of the molecule is CC(C)(C)[C@H]1CCc2nc3sc(C(=O)C[C@H](CCNC4CCOCC4)c4cccc(NS(C)(=O)=O)c4)cc3cc2C1.[NH4+]. The summed E-state index contributed by atoms with van der Waals surface area (Å²) in [6, 6.07) is 12.2. The first-order valence-electron chi connectivity index (χ1n) is 14.8. The molecule has 1 aliphatic heterocycles. The van der Waals surface area contributed by atoms with Crippen LogP contribution in [0.4, 0.5) is 5.69 Å². The zero-order chi connectivity index (χ0) is 29.2. The van der Waals surface area contributed by atoms with Crippen LogP contribution >= 0.6 is 11.3 Å². The molecular formula is C32H47N4O4S2+. The van der Waals surface area contributed by atoms with Gasteiger partial charge in [-0.15, -0.1) is 11.3 Å². The Labute approximate surface area is 254 Å². The fraction of sp³-hybridized carbons (Fsp3) is 0.562. The third-order valence-electron chi connectivity index (χ3n) is 8.61. The number of anilines is 1. The first kappa shape index (κ1) is 32.5. The normalized spacial score (nSPS) is 18.7. The van der Waals surface area contributed by atoms with Crippen LogP contribution in [0.15, 0.2) is 36.4 Å². The van der Waals surface area contributed by atoms with Crippen LogP contribution in [0.25, 0.3) is 10.2 Å². The summed E-state index contributed by atoms with van der Waals surface area (Å²) in [6.45, 7) is 9.29. The number of rotatable bonds is 10. The Morgan fingerprint density at radius 2 is 1.90 bits per heavy atom. The number of quaternary nitrogens is 1. The second-order valence-corrected chi connectivity index (χ2v) is 15.6. The van der Waals surface area contributed by atoms with E-state index < -0.39 is 10.0 Å². The van der Waals surface area contributed by atoms with Gasteiger partial charge < -0.3 is 16.2 Å². The molecule has 230 valence electrons. The minimum absolute atomic E-state index is 0. The van der Waals surface area contributed by atoms with E-state index in [2.05, 4.69) is 36.9 Å². The number of carbonyl (C=O) groups is 1. The van der Waals surface area contributed by atoms with E-state index in [0.29, 0.717) is 24.1 Å². The molecule has 1 saturated heterocycles. The maximum Gasteiger partial charge on any atom is 0.229 e. The van der Waals surface area contributed by atoms with Crippen molar-refractivity contribution in [2.45, 2.75) is 77.7 Å². The van der Waals surface area contributed by atoms with Gasteiger partial charge in [0.05, 0.1) is 11.1 Å². The van der Waals surface area contributed by atoms with Crippen molar-refractivity contribution in [3.63, 3.8) is 0 Å². The van der Waals surface area contributed by atoms with Crippen LogP contribution in [-0.4, -0.2) is 51.2 Å². The highest BCUT2D eigenvalue weighted by Crippen LogP contribution is 2.39. The van der Waals surface area contributed by atoms with Gasteiger partial charge in [0.15, 0.2) is 5.78 Å². The molecule has 0 spiro atoms. The number of ether oxygens (including phenoxy) is 1. The number of thiophene rings is 1. The Bertz CT molecular complexity index is 1490. The molecule has 0 amide bonds. The Balaban J connectivity index is 0.00000405. The molecule has 3 aromatic rings. The molecule has 6 N–H and O–H groups in total. The molecule has 3 heterocycles. The summed E-state index contributed by atoms with van der Waals surface area (Å²) in [5.41, 5.74) is 4.26. The lowest BCUT2D eigenvalue weighted by Crippen LogP contribution is -2.35. The van der Waals surface area contributed by atoms with Gasteiger partial charge in [0, 0.05) is 42.4 Å². The Hall–Kier alpha value is -2.37. The third kappa shape index (κ3) is 8.38. The quantitative estimate of drug-likeness (QED) is 0.217. The van der Waals surface area contributed by atoms with Crippen LogP contribution < -0.4 is 16.2 Å². The van der Waals surface area contributed by atoms with Gasteiger partial charge >= 0.3 is 0 Å². The second-order valence-electron chi connectivity index (χ2n) is 12.9. The predicted molar refractivity (Wildman–Crippen MR) is 174 cm³/mol. The van der Waals surface area contributed by atoms with E-state index in [9.17, 15) is 13.2 Å². The fourth-order valence-electron chi connectivity index (χ4n) is 6.14. The number of nitrogens with zero attached hydrogens (tertiary/aromatic N) is 1. The molecule has 10 heteroatoms. The minimum Gasteiger partial charge on any atom is -0.381 e. The molecule has 2 aromatic heterocycles. The molecule has 0 radical (unpaired) electrons. The van der Waals surface area contributed by atoms with E-state index >= 15 is 0 Å². The molecule has 2 aliphatic rings. The summed E-state index contributed by atoms with van der Waals surface area (Å²) < 4.78 is 31.8. The highest BCUT2D eigenvalue weighted by Gasteiger charge is 2.30. The van der Waals surface area contributed by atoms with Crippen molar-refractivity contribution in [1.82, 2.24) is 16.5 Å². The van der Waals surface area contributed by atoms with Gasteiger partial charge in [-0.05, 0) is 97.7 Å². The molecule has 0 bridgehead atoms. The lowest BCUT2D eigenvalue weighted by atomic mass is 9.71. The second kappa shape index (κ2) is 13.5. The first-order chi connectivity index (χ1) is 19.4. The lowest BCUT2D eigenvalue weighted by molar-refractivity contribution is 0.0778. The number of sulfonamides is 1. The number of hydrogen-bond acceptors (Lipinski definition) is 7. The highest BCUT2D eigenvalue weighted by molar-refractivity contribution is 7.92. The van der Waals surface area contributed by atoms with Gasteiger partial charge in [-0.3, -0.25) is 9.52 Å². The van der Waals surface area contributed by atoms with Gasteiger partial charge in [-0.2, -0.15) is 0 Å². The monoisotopic (exact) mass is 615 g/mol. The number of hydrogen-bond donors (Lipinski definition) is 3. The maximum atomic E-state index is 13.7. The van der Waals surface area contributed by atoms with Crippen molar-refractivity contribution in [3.05, 3.63) is 58.1 Å². The van der Waals surface area contributed by atoms with Gasteiger partial charge in [-0.1, -0.05) is 32.9 Å². The highest BCUT2D eigenvalue weighted by atomic mass is 32.2. The standard InChI is InChI=1S/C32H43N3O4S2.H3N/c1-32(2,3)25-8-9-28-23(17-25)16-24-20-30(40-31(24)34-28)29(36)19-22(10-13-33-26-11-14-39-15-12-26)21-6-5-7-27(18-21)35-41(4,37)38;/h5-7,16,18,20,22,25-26,33,35H,8-15,17,19H2,1-4H3;1H3/p+1/t22-,25-;/m0./s1. The zero-order valence-corrected chi connectivity index (χ0v) is 27.3. The molecule has 0 unspecified atom stereocenters. The number of Topliss-reactive ketones (excluding diaryl/α,β-unsaturated/α-hetero) is 1. The summed E-state index contributed by atoms with van der Waals surface area (Å²) in [5.74, 6) is 0.698. The number of fused-ring (bicyclic) bond motifs is 2. The van der Waals surface area contributed by atoms with Crippen molar-refractivity contribution in [3.8, 4) is 0 Å². The molecule has 8 nitrogen and oxygen atoms in total. The maximum absolute atomic E-state index is 13.7. The van der Waals surface area contributed by atoms with Gasteiger partial charge in [0.25, 0.3) is 0 Å². The van der Waals surface area contributed by atoms with Crippen molar-refractivity contribution in [2.75, 3.05) is 30.7 Å². The third-order valence-corrected chi connectivity index (χ3v) is 10.3. The summed E-state index contributed by atoms with van der Waals surface area (Å²) in [4.78, 5) is 20.4. The van der Waals surface area contributed by atoms with E-state index in [1.165, 1.54) is 22.6 Å². The van der Waals surface area contributed by atoms with E-state index in [1.807, 2.05) is 24.3 Å². The minimum atomic E-state index is -3.40. The molecule has 5 rings (SSSR count). The van der Waals surface area contributed by atoms with E-state index in [1.54, 1.807) is 6.07 Å². The zero-order valence-electron chi connectivity index (χ0n) is 25.7. The molecule has 42 heavy (non-hydrogen) atoms. The number of ketones is 1. The topological polar surface area (TPSA) is 134 Å². The Kier molecular flexibility index (Phi) is 10.5. The summed E-state index contributed by atoms with van der Waals surface area (Å²) in [5, 5.41) is 4.70. The van der Waals surface area contributed by atoms with Crippen molar-refractivity contribution in [1.29, 1.82) is 0 Å². The van der Waals surface area contributed by atoms with E-state index in [0.717, 1.165) is 85.2 Å². The molecule has 1 fully saturated rings. The van der Waals surface area contributed by atoms with E-state index in [4.69, 9.17) is 9.72 Å². The van der Waals surface area contributed by atoms with Gasteiger partial charge in [-0.25, -0.2) is 13.4 Å². The molecule has 0 saturated carbocycles. The average Bonchev–Trinajstić information content (AvgIpc) is 3.33. The first-order valence-corrected chi connectivity index (χ1v) is 17.5. The van der Waals surface area contributed by atoms with Gasteiger partial charge in [0.1, 0.15) is 4.83 Å². The Morgan fingerprint density at radius 3 is 2.62 bits per heavy atom. The van der Waals surface area contributed by atoms with Gasteiger partial charge in [0.2, 0.25) is 10.0 Å². The van der Waals surface area contributed by atoms with Crippen LogP contribution in [0.3, 0.4) is 0 Å². The summed E-state index contributed by atoms with van der Waals surface area (Å²) in [7, 11) is -3.40. The largest absolute Gasteiger partial charge is 0.381 e. The number of pyridine rings is 1. The summed E-state index contributed by atoms with van der Waals surface area (Å²) >= 11 is 1.50. The summed E-state index contributed by atoms with van der Waals surface area (Å²) in [6.07, 6.45) is 7.46.